The number of carboxylic acid groups (broad SMARTS) is 1. The van der Waals surface area contributed by atoms with Crippen molar-refractivity contribution in [3.63, 3.8) is 0 Å². The van der Waals surface area contributed by atoms with Crippen molar-refractivity contribution in [2.75, 3.05) is 5.12 Å². The molecule has 0 amide bonds. The van der Waals surface area contributed by atoms with Gasteiger partial charge in [0.05, 0.1) is 16.9 Å². The molecule has 0 bridgehead atoms. The van der Waals surface area contributed by atoms with Gasteiger partial charge in [0.25, 0.3) is 0 Å². The van der Waals surface area contributed by atoms with Crippen LogP contribution in [-0.4, -0.2) is 11.1 Å². The molecule has 0 radical (unpaired) electrons. The second kappa shape index (κ2) is 5.74. The van der Waals surface area contributed by atoms with Gasteiger partial charge in [-0.25, -0.2) is 10.6 Å². The summed E-state index contributed by atoms with van der Waals surface area (Å²) in [6.07, 6.45) is 0. The number of aromatic carboxylic acids is 1. The largest absolute Gasteiger partial charge is 0.478 e. The smallest absolute Gasteiger partial charge is 0.335 e. The lowest BCUT2D eigenvalue weighted by Gasteiger charge is -2.09. The molecule has 3 N–H and O–H groups in total. The Morgan fingerprint density at radius 1 is 1.05 bits per heavy atom. The van der Waals surface area contributed by atoms with E-state index in [0.29, 0.717) is 11.4 Å². The molecule has 0 unspecified atom stereocenters. The quantitative estimate of drug-likeness (QED) is 0.500. The normalized spacial score (nSPS) is 10.6. The van der Waals surface area contributed by atoms with Gasteiger partial charge in [0, 0.05) is 0 Å². The number of nitrogens with zero attached hydrogens (tertiary/aromatic N) is 3. The Morgan fingerprint density at radius 2 is 1.68 bits per heavy atom. The molecule has 0 aliphatic carbocycles. The van der Waals surface area contributed by atoms with E-state index in [9.17, 15) is 4.79 Å². The highest BCUT2D eigenvalue weighted by Crippen LogP contribution is 2.16. The van der Waals surface area contributed by atoms with Gasteiger partial charge < -0.3 is 5.11 Å². The van der Waals surface area contributed by atoms with Crippen LogP contribution in [-0.2, 0) is 0 Å². The summed E-state index contributed by atoms with van der Waals surface area (Å²) >= 11 is 0. The first kappa shape index (κ1) is 12.7. The number of carbonyl (C=O) groups is 1. The summed E-state index contributed by atoms with van der Waals surface area (Å²) in [5.74, 6) is 4.72. The zero-order valence-corrected chi connectivity index (χ0v) is 9.97. The van der Waals surface area contributed by atoms with Crippen LogP contribution in [0.4, 0.5) is 11.4 Å². The third kappa shape index (κ3) is 3.36. The van der Waals surface area contributed by atoms with E-state index in [0.717, 1.165) is 5.12 Å². The number of benzene rings is 2. The first-order valence-electron chi connectivity index (χ1n) is 5.52. The Labute approximate surface area is 109 Å². The molecule has 0 saturated carbocycles. The average molecular weight is 256 g/mol. The Kier molecular flexibility index (Phi) is 3.84. The van der Waals surface area contributed by atoms with Crippen LogP contribution in [0.3, 0.4) is 0 Å². The van der Waals surface area contributed by atoms with E-state index in [2.05, 4.69) is 10.3 Å². The van der Waals surface area contributed by atoms with Crippen molar-refractivity contribution in [3.05, 3.63) is 60.2 Å². The molecule has 96 valence electrons. The van der Waals surface area contributed by atoms with Gasteiger partial charge in [0.15, 0.2) is 0 Å². The summed E-state index contributed by atoms with van der Waals surface area (Å²) in [7, 11) is 0. The lowest BCUT2D eigenvalue weighted by Crippen LogP contribution is -2.23. The number of anilines is 1. The predicted molar refractivity (Wildman–Crippen MR) is 71.0 cm³/mol. The summed E-state index contributed by atoms with van der Waals surface area (Å²) in [6, 6.07) is 15.2. The number of hydrogen-bond donors (Lipinski definition) is 2. The Morgan fingerprint density at radius 3 is 2.26 bits per heavy atom. The maximum absolute atomic E-state index is 10.7. The number of carboxylic acids is 1. The molecule has 6 nitrogen and oxygen atoms in total. The fourth-order valence-electron chi connectivity index (χ4n) is 1.40. The fourth-order valence-corrected chi connectivity index (χ4v) is 1.40. The van der Waals surface area contributed by atoms with Gasteiger partial charge >= 0.3 is 5.97 Å². The molecule has 0 aromatic heterocycles. The predicted octanol–water partition coefficient (Wildman–Crippen LogP) is 2.76. The van der Waals surface area contributed by atoms with E-state index in [1.54, 1.807) is 24.3 Å². The second-order valence-corrected chi connectivity index (χ2v) is 3.72. The van der Waals surface area contributed by atoms with Crippen molar-refractivity contribution in [2.24, 2.45) is 16.2 Å². The van der Waals surface area contributed by atoms with E-state index < -0.39 is 5.97 Å². The molecular formula is C13H12N4O2. The highest BCUT2D eigenvalue weighted by molar-refractivity contribution is 5.87. The van der Waals surface area contributed by atoms with E-state index in [4.69, 9.17) is 10.9 Å². The van der Waals surface area contributed by atoms with Gasteiger partial charge in [-0.2, -0.15) is 5.12 Å². The second-order valence-electron chi connectivity index (χ2n) is 3.72. The lowest BCUT2D eigenvalue weighted by molar-refractivity contribution is 0.0697. The number of para-hydroxylation sites is 1. The number of nitrogens with two attached hydrogens (primary N) is 1. The van der Waals surface area contributed by atoms with Crippen LogP contribution in [0.5, 0.6) is 0 Å². The fraction of sp³-hybridized carbons (Fsp3) is 0. The number of rotatable bonds is 4. The minimum absolute atomic E-state index is 0.201. The summed E-state index contributed by atoms with van der Waals surface area (Å²) < 4.78 is 0. The molecule has 6 heteroatoms. The van der Waals surface area contributed by atoms with Crippen molar-refractivity contribution in [2.45, 2.75) is 0 Å². The Balaban J connectivity index is 2.08. The summed E-state index contributed by atoms with van der Waals surface area (Å²) in [6.45, 7) is 0. The monoisotopic (exact) mass is 256 g/mol. The standard InChI is InChI=1S/C13H12N4O2/c14-17(12-4-2-1-3-5-12)16-15-11-8-6-10(7-9-11)13(18)19/h1-9H,14H2,(H,18,19). The van der Waals surface area contributed by atoms with Crippen LogP contribution in [0.1, 0.15) is 10.4 Å². The third-order valence-corrected chi connectivity index (χ3v) is 2.39. The first-order chi connectivity index (χ1) is 9.16. The van der Waals surface area contributed by atoms with Crippen LogP contribution >= 0.6 is 0 Å². The molecular weight excluding hydrogens is 244 g/mol. The van der Waals surface area contributed by atoms with Gasteiger partial charge in [0.2, 0.25) is 0 Å². The maximum atomic E-state index is 10.7. The Bertz CT molecular complexity index is 581. The van der Waals surface area contributed by atoms with Crippen LogP contribution in [0.25, 0.3) is 0 Å². The molecule has 0 spiro atoms. The lowest BCUT2D eigenvalue weighted by atomic mass is 10.2. The van der Waals surface area contributed by atoms with E-state index in [-0.39, 0.29) is 5.56 Å². The van der Waals surface area contributed by atoms with E-state index in [1.807, 2.05) is 18.2 Å². The highest BCUT2D eigenvalue weighted by atomic mass is 16.4. The zero-order valence-electron chi connectivity index (χ0n) is 9.97. The highest BCUT2D eigenvalue weighted by Gasteiger charge is 2.01. The van der Waals surface area contributed by atoms with Gasteiger partial charge in [-0.3, -0.25) is 0 Å². The van der Waals surface area contributed by atoms with E-state index in [1.165, 1.54) is 12.1 Å². The maximum Gasteiger partial charge on any atom is 0.335 e. The molecule has 2 aromatic carbocycles. The molecule has 0 fully saturated rings. The minimum atomic E-state index is -0.978. The molecule has 0 aliphatic rings. The molecule has 19 heavy (non-hydrogen) atoms. The minimum Gasteiger partial charge on any atom is -0.478 e. The Hall–Kier alpha value is -2.73. The van der Waals surface area contributed by atoms with Gasteiger partial charge in [0.1, 0.15) is 0 Å². The van der Waals surface area contributed by atoms with Crippen LogP contribution < -0.4 is 11.0 Å². The summed E-state index contributed by atoms with van der Waals surface area (Å²) in [5, 5.41) is 17.6. The molecule has 0 saturated heterocycles. The molecule has 2 aromatic rings. The molecule has 2 rings (SSSR count). The van der Waals surface area contributed by atoms with Gasteiger partial charge in [-0.05, 0) is 36.4 Å². The topological polar surface area (TPSA) is 91.3 Å². The number of hydrazine groups is 1. The van der Waals surface area contributed by atoms with Gasteiger partial charge in [-0.1, -0.05) is 23.4 Å². The molecule has 0 heterocycles. The zero-order chi connectivity index (χ0) is 13.7. The summed E-state index contributed by atoms with van der Waals surface area (Å²) in [5.41, 5.74) is 1.43. The van der Waals surface area contributed by atoms with Crippen molar-refractivity contribution >= 4 is 17.3 Å². The van der Waals surface area contributed by atoms with Crippen molar-refractivity contribution in [1.82, 2.24) is 0 Å². The van der Waals surface area contributed by atoms with Gasteiger partial charge in [-0.15, -0.1) is 5.11 Å². The number of hydrogen-bond acceptors (Lipinski definition) is 4. The molecule has 0 atom stereocenters. The SMILES string of the molecule is NN(N=Nc1ccc(C(=O)O)cc1)c1ccccc1. The summed E-state index contributed by atoms with van der Waals surface area (Å²) in [4.78, 5) is 10.7. The average Bonchev–Trinajstić information content (AvgIpc) is 2.46. The van der Waals surface area contributed by atoms with Crippen molar-refractivity contribution in [1.29, 1.82) is 0 Å². The van der Waals surface area contributed by atoms with E-state index >= 15 is 0 Å². The van der Waals surface area contributed by atoms with Crippen molar-refractivity contribution in [3.8, 4) is 0 Å². The van der Waals surface area contributed by atoms with Crippen LogP contribution in [0.15, 0.2) is 64.9 Å². The third-order valence-electron chi connectivity index (χ3n) is 2.39. The first-order valence-corrected chi connectivity index (χ1v) is 5.52. The van der Waals surface area contributed by atoms with Crippen LogP contribution in [0, 0.1) is 0 Å². The van der Waals surface area contributed by atoms with Crippen LogP contribution in [0.2, 0.25) is 0 Å². The van der Waals surface area contributed by atoms with Crippen molar-refractivity contribution < 1.29 is 9.90 Å². The molecule has 0 aliphatic heterocycles.